The third-order valence-electron chi connectivity index (χ3n) is 3.87. The van der Waals surface area contributed by atoms with Crippen LogP contribution in [0.25, 0.3) is 0 Å². The molecule has 0 aromatic heterocycles. The molecule has 0 unspecified atom stereocenters. The second-order valence-electron chi connectivity index (χ2n) is 6.05. The molecule has 8 heteroatoms. The molecular weight excluding hydrogens is 380 g/mol. The van der Waals surface area contributed by atoms with Gasteiger partial charge in [-0.3, -0.25) is 9.10 Å². The fraction of sp³-hybridized carbons (Fsp3) is 0.250. The Labute approximate surface area is 165 Å². The van der Waals surface area contributed by atoms with Crippen LogP contribution in [0.4, 0.5) is 11.4 Å². The quantitative estimate of drug-likeness (QED) is 0.650. The minimum Gasteiger partial charge on any atom is -0.497 e. The Bertz CT molecular complexity index is 943. The molecule has 1 atom stereocenters. The van der Waals surface area contributed by atoms with Crippen LogP contribution in [0.3, 0.4) is 0 Å². The number of ether oxygens (including phenoxy) is 2. The van der Waals surface area contributed by atoms with Crippen molar-refractivity contribution in [2.45, 2.75) is 13.0 Å². The maximum atomic E-state index is 12.7. The average Bonchev–Trinajstić information content (AvgIpc) is 2.65. The van der Waals surface area contributed by atoms with Crippen molar-refractivity contribution in [3.8, 4) is 11.5 Å². The van der Waals surface area contributed by atoms with E-state index in [0.717, 1.165) is 10.6 Å². The summed E-state index contributed by atoms with van der Waals surface area (Å²) in [6, 6.07) is 12.4. The highest BCUT2D eigenvalue weighted by atomic mass is 32.2. The van der Waals surface area contributed by atoms with Crippen LogP contribution >= 0.6 is 0 Å². The SMILES string of the molecule is C=CCOc1cccc(NC(=O)[C@@H](C)N(c2cccc(OC)c2)S(C)(=O)=O)c1. The minimum atomic E-state index is -3.72. The molecule has 0 aliphatic carbocycles. The normalized spacial score (nSPS) is 12.0. The molecule has 1 amide bonds. The van der Waals surface area contributed by atoms with Gasteiger partial charge in [-0.25, -0.2) is 8.42 Å². The molecular formula is C20H24N2O5S. The fourth-order valence-electron chi connectivity index (χ4n) is 2.62. The van der Waals surface area contributed by atoms with Crippen molar-refractivity contribution < 1.29 is 22.7 Å². The second-order valence-corrected chi connectivity index (χ2v) is 7.91. The van der Waals surface area contributed by atoms with Crippen molar-refractivity contribution in [2.24, 2.45) is 0 Å². The van der Waals surface area contributed by atoms with E-state index in [4.69, 9.17) is 9.47 Å². The van der Waals surface area contributed by atoms with Gasteiger partial charge in [0.1, 0.15) is 24.1 Å². The van der Waals surface area contributed by atoms with Crippen molar-refractivity contribution in [2.75, 3.05) is 29.6 Å². The van der Waals surface area contributed by atoms with Crippen molar-refractivity contribution in [3.05, 3.63) is 61.2 Å². The zero-order chi connectivity index (χ0) is 20.7. The zero-order valence-electron chi connectivity index (χ0n) is 16.1. The maximum Gasteiger partial charge on any atom is 0.247 e. The van der Waals surface area contributed by atoms with Crippen LogP contribution < -0.4 is 19.1 Å². The number of hydrogen-bond acceptors (Lipinski definition) is 5. The molecule has 7 nitrogen and oxygen atoms in total. The largest absolute Gasteiger partial charge is 0.497 e. The molecule has 0 spiro atoms. The number of hydrogen-bond donors (Lipinski definition) is 1. The lowest BCUT2D eigenvalue weighted by Crippen LogP contribution is -2.45. The molecule has 1 N–H and O–H groups in total. The summed E-state index contributed by atoms with van der Waals surface area (Å²) < 4.78 is 36.4. The molecule has 0 fully saturated rings. The number of nitrogens with zero attached hydrogens (tertiary/aromatic N) is 1. The first-order valence-corrected chi connectivity index (χ1v) is 10.4. The van der Waals surface area contributed by atoms with E-state index in [1.807, 2.05) is 0 Å². The van der Waals surface area contributed by atoms with Gasteiger partial charge in [-0.05, 0) is 31.2 Å². The van der Waals surface area contributed by atoms with Crippen molar-refractivity contribution in [3.63, 3.8) is 0 Å². The summed E-state index contributed by atoms with van der Waals surface area (Å²) in [4.78, 5) is 12.7. The highest BCUT2D eigenvalue weighted by Crippen LogP contribution is 2.26. The first-order chi connectivity index (χ1) is 13.3. The van der Waals surface area contributed by atoms with Crippen molar-refractivity contribution in [1.82, 2.24) is 0 Å². The van der Waals surface area contributed by atoms with Gasteiger partial charge >= 0.3 is 0 Å². The molecule has 150 valence electrons. The predicted molar refractivity (Wildman–Crippen MR) is 111 cm³/mol. The number of sulfonamides is 1. The number of amides is 1. The number of anilines is 2. The van der Waals surface area contributed by atoms with Crippen LogP contribution in [0, 0.1) is 0 Å². The Balaban J connectivity index is 2.26. The number of methoxy groups -OCH3 is 1. The molecule has 28 heavy (non-hydrogen) atoms. The highest BCUT2D eigenvalue weighted by Gasteiger charge is 2.29. The van der Waals surface area contributed by atoms with Crippen LogP contribution in [0.5, 0.6) is 11.5 Å². The average molecular weight is 404 g/mol. The van der Waals surface area contributed by atoms with Crippen LogP contribution in [-0.4, -0.2) is 40.3 Å². The van der Waals surface area contributed by atoms with Gasteiger partial charge in [-0.15, -0.1) is 0 Å². The lowest BCUT2D eigenvalue weighted by Gasteiger charge is -2.28. The zero-order valence-corrected chi connectivity index (χ0v) is 16.9. The fourth-order valence-corrected chi connectivity index (χ4v) is 3.79. The molecule has 0 bridgehead atoms. The van der Waals surface area contributed by atoms with Crippen molar-refractivity contribution >= 4 is 27.3 Å². The van der Waals surface area contributed by atoms with Gasteiger partial charge in [0.15, 0.2) is 0 Å². The Kier molecular flexibility index (Phi) is 7.06. The van der Waals surface area contributed by atoms with Gasteiger partial charge in [0.25, 0.3) is 0 Å². The summed E-state index contributed by atoms with van der Waals surface area (Å²) in [6.45, 7) is 5.45. The molecule has 0 saturated carbocycles. The number of benzene rings is 2. The van der Waals surface area contributed by atoms with Crippen LogP contribution in [0.2, 0.25) is 0 Å². The van der Waals surface area contributed by atoms with E-state index in [1.165, 1.54) is 14.0 Å². The minimum absolute atomic E-state index is 0.339. The standard InChI is InChI=1S/C20H24N2O5S/c1-5-12-27-19-11-6-8-16(13-19)21-20(23)15(2)22(28(4,24)25)17-9-7-10-18(14-17)26-3/h5-11,13-15H,1,12H2,2-4H3,(H,21,23)/t15-/m1/s1. The van der Waals surface area contributed by atoms with E-state index in [2.05, 4.69) is 11.9 Å². The number of nitrogens with one attached hydrogen (secondary N) is 1. The van der Waals surface area contributed by atoms with Crippen LogP contribution in [-0.2, 0) is 14.8 Å². The lowest BCUT2D eigenvalue weighted by atomic mass is 10.2. The van der Waals surface area contributed by atoms with Crippen LogP contribution in [0.1, 0.15) is 6.92 Å². The summed E-state index contributed by atoms with van der Waals surface area (Å²) in [6.07, 6.45) is 2.67. The van der Waals surface area contributed by atoms with E-state index in [0.29, 0.717) is 29.5 Å². The first-order valence-electron chi connectivity index (χ1n) is 8.54. The predicted octanol–water partition coefficient (Wildman–Crippen LogP) is 3.05. The summed E-state index contributed by atoms with van der Waals surface area (Å²) >= 11 is 0. The maximum absolute atomic E-state index is 12.7. The molecule has 2 aromatic carbocycles. The monoisotopic (exact) mass is 404 g/mol. The van der Waals surface area contributed by atoms with E-state index in [1.54, 1.807) is 54.6 Å². The second kappa shape index (κ2) is 9.27. The molecule has 2 aromatic rings. The van der Waals surface area contributed by atoms with Crippen molar-refractivity contribution in [1.29, 1.82) is 0 Å². The molecule has 2 rings (SSSR count). The summed E-state index contributed by atoms with van der Waals surface area (Å²) in [5.74, 6) is 0.582. The van der Waals surface area contributed by atoms with Crippen LogP contribution in [0.15, 0.2) is 61.2 Å². The van der Waals surface area contributed by atoms with Gasteiger partial charge in [0, 0.05) is 17.8 Å². The summed E-state index contributed by atoms with van der Waals surface area (Å²) in [7, 11) is -2.23. The smallest absolute Gasteiger partial charge is 0.247 e. The Morgan fingerprint density at radius 1 is 1.21 bits per heavy atom. The summed E-state index contributed by atoms with van der Waals surface area (Å²) in [5, 5.41) is 2.73. The van der Waals surface area contributed by atoms with E-state index >= 15 is 0 Å². The number of carbonyl (C=O) groups excluding carboxylic acids is 1. The van der Waals surface area contributed by atoms with Gasteiger partial charge < -0.3 is 14.8 Å². The van der Waals surface area contributed by atoms with E-state index in [-0.39, 0.29) is 0 Å². The molecule has 0 saturated heterocycles. The Hall–Kier alpha value is -3.00. The van der Waals surface area contributed by atoms with Gasteiger partial charge in [-0.1, -0.05) is 24.8 Å². The highest BCUT2D eigenvalue weighted by molar-refractivity contribution is 7.92. The Morgan fingerprint density at radius 2 is 1.89 bits per heavy atom. The van der Waals surface area contributed by atoms with Gasteiger partial charge in [0.2, 0.25) is 15.9 Å². The molecule has 0 heterocycles. The first kappa shape index (κ1) is 21.3. The summed E-state index contributed by atoms with van der Waals surface area (Å²) in [5.41, 5.74) is 0.838. The van der Waals surface area contributed by atoms with E-state index in [9.17, 15) is 13.2 Å². The Morgan fingerprint density at radius 3 is 2.54 bits per heavy atom. The van der Waals surface area contributed by atoms with Gasteiger partial charge in [-0.2, -0.15) is 0 Å². The third-order valence-corrected chi connectivity index (χ3v) is 5.11. The third kappa shape index (κ3) is 5.50. The topological polar surface area (TPSA) is 84.9 Å². The molecule has 0 aliphatic heterocycles. The number of rotatable bonds is 9. The van der Waals surface area contributed by atoms with Gasteiger partial charge in [0.05, 0.1) is 19.1 Å². The number of carbonyl (C=O) groups is 1. The molecule has 0 aliphatic rings. The lowest BCUT2D eigenvalue weighted by molar-refractivity contribution is -0.116. The van der Waals surface area contributed by atoms with E-state index < -0.39 is 22.0 Å². The molecule has 0 radical (unpaired) electrons.